The number of thiophene rings is 1. The summed E-state index contributed by atoms with van der Waals surface area (Å²) in [7, 11) is 1.73. The summed E-state index contributed by atoms with van der Waals surface area (Å²) < 4.78 is 6.57. The maximum absolute atomic E-state index is 5.47. The van der Waals surface area contributed by atoms with Gasteiger partial charge in [-0.15, -0.1) is 11.3 Å². The number of nitrogens with one attached hydrogen (secondary N) is 1. The maximum atomic E-state index is 5.47. The molecule has 1 N–H and O–H groups in total. The van der Waals surface area contributed by atoms with E-state index in [0.29, 0.717) is 6.04 Å². The molecule has 1 aromatic heterocycles. The molecule has 0 bridgehead atoms. The van der Waals surface area contributed by atoms with E-state index in [1.54, 1.807) is 7.11 Å². The number of halogens is 1. The van der Waals surface area contributed by atoms with Crippen LogP contribution in [0.5, 0.6) is 5.75 Å². The Labute approximate surface area is 133 Å². The van der Waals surface area contributed by atoms with Crippen molar-refractivity contribution in [3.05, 3.63) is 50.6 Å². The van der Waals surface area contributed by atoms with Crippen molar-refractivity contribution in [1.82, 2.24) is 5.32 Å². The van der Waals surface area contributed by atoms with Crippen LogP contribution in [0.15, 0.2) is 40.2 Å². The highest BCUT2D eigenvalue weighted by atomic mass is 79.9. The Morgan fingerprint density at radius 3 is 2.80 bits per heavy atom. The normalized spacial score (nSPS) is 12.3. The van der Waals surface area contributed by atoms with E-state index in [1.807, 2.05) is 23.5 Å². The van der Waals surface area contributed by atoms with E-state index >= 15 is 0 Å². The quantitative estimate of drug-likeness (QED) is 0.801. The Balaban J connectivity index is 2.12. The fraction of sp³-hybridized carbons (Fsp3) is 0.375. The van der Waals surface area contributed by atoms with Crippen LogP contribution in [0.3, 0.4) is 0 Å². The summed E-state index contributed by atoms with van der Waals surface area (Å²) in [5.74, 6) is 0.960. The Kier molecular flexibility index (Phi) is 6.07. The first-order valence-electron chi connectivity index (χ1n) is 6.81. The molecule has 1 unspecified atom stereocenters. The van der Waals surface area contributed by atoms with Gasteiger partial charge in [0.1, 0.15) is 5.75 Å². The second-order valence-electron chi connectivity index (χ2n) is 4.70. The molecular formula is C16H20BrNOS. The summed E-state index contributed by atoms with van der Waals surface area (Å²) in [4.78, 5) is 1.42. The molecular weight excluding hydrogens is 334 g/mol. The summed E-state index contributed by atoms with van der Waals surface area (Å²) in [5, 5.41) is 5.71. The lowest BCUT2D eigenvalue weighted by molar-refractivity contribution is 0.404. The van der Waals surface area contributed by atoms with Gasteiger partial charge in [-0.2, -0.15) is 0 Å². The smallest absolute Gasteiger partial charge is 0.122 e. The van der Waals surface area contributed by atoms with Gasteiger partial charge in [-0.05, 0) is 54.6 Å². The van der Waals surface area contributed by atoms with Crippen LogP contribution in [-0.4, -0.2) is 19.7 Å². The highest BCUT2D eigenvalue weighted by Gasteiger charge is 2.13. The molecule has 1 aromatic carbocycles. The topological polar surface area (TPSA) is 21.3 Å². The molecule has 2 aromatic rings. The average Bonchev–Trinajstić information content (AvgIpc) is 2.92. The Morgan fingerprint density at radius 1 is 1.30 bits per heavy atom. The van der Waals surface area contributed by atoms with Gasteiger partial charge in [0.2, 0.25) is 0 Å². The van der Waals surface area contributed by atoms with Crippen LogP contribution >= 0.6 is 27.3 Å². The summed E-state index contributed by atoms with van der Waals surface area (Å²) in [6.07, 6.45) is 2.02. The minimum absolute atomic E-state index is 0.432. The van der Waals surface area contributed by atoms with Crippen LogP contribution < -0.4 is 10.1 Å². The van der Waals surface area contributed by atoms with Gasteiger partial charge in [0.05, 0.1) is 7.11 Å². The fourth-order valence-electron chi connectivity index (χ4n) is 2.35. The minimum atomic E-state index is 0.432. The van der Waals surface area contributed by atoms with Crippen molar-refractivity contribution >= 4 is 27.3 Å². The molecule has 0 aliphatic heterocycles. The molecule has 0 fully saturated rings. The molecule has 0 spiro atoms. The standard InChI is InChI=1S/C16H20BrNOS/c1-3-18-14(11-15-5-4-8-20-15)10-12-9-13(17)6-7-16(12)19-2/h4-9,14,18H,3,10-11H2,1-2H3. The highest BCUT2D eigenvalue weighted by Crippen LogP contribution is 2.25. The average molecular weight is 354 g/mol. The molecule has 0 saturated carbocycles. The van der Waals surface area contributed by atoms with E-state index < -0.39 is 0 Å². The van der Waals surface area contributed by atoms with Crippen molar-refractivity contribution in [2.24, 2.45) is 0 Å². The van der Waals surface area contributed by atoms with Crippen molar-refractivity contribution in [2.75, 3.05) is 13.7 Å². The van der Waals surface area contributed by atoms with E-state index in [1.165, 1.54) is 10.4 Å². The predicted octanol–water partition coefficient (Wildman–Crippen LogP) is 4.28. The van der Waals surface area contributed by atoms with Crippen LogP contribution in [0.2, 0.25) is 0 Å². The first kappa shape index (κ1) is 15.5. The number of methoxy groups -OCH3 is 1. The predicted molar refractivity (Wildman–Crippen MR) is 89.9 cm³/mol. The zero-order chi connectivity index (χ0) is 14.4. The summed E-state index contributed by atoms with van der Waals surface area (Å²) in [6.45, 7) is 3.13. The van der Waals surface area contributed by atoms with E-state index in [4.69, 9.17) is 4.74 Å². The number of rotatable bonds is 7. The Bertz CT molecular complexity index is 527. The Hall–Kier alpha value is -0.840. The SMILES string of the molecule is CCNC(Cc1cccs1)Cc1cc(Br)ccc1OC. The van der Waals surface area contributed by atoms with E-state index in [2.05, 4.69) is 51.7 Å². The molecule has 0 amide bonds. The third kappa shape index (κ3) is 4.33. The lowest BCUT2D eigenvalue weighted by Crippen LogP contribution is -2.32. The molecule has 0 aliphatic rings. The molecule has 20 heavy (non-hydrogen) atoms. The molecule has 2 rings (SSSR count). The van der Waals surface area contributed by atoms with Gasteiger partial charge in [0, 0.05) is 15.4 Å². The second-order valence-corrected chi connectivity index (χ2v) is 6.65. The Morgan fingerprint density at radius 2 is 2.15 bits per heavy atom. The third-order valence-electron chi connectivity index (χ3n) is 3.23. The summed E-state index contributed by atoms with van der Waals surface area (Å²) in [5.41, 5.74) is 1.24. The van der Waals surface area contributed by atoms with Gasteiger partial charge in [0.25, 0.3) is 0 Å². The minimum Gasteiger partial charge on any atom is -0.496 e. The molecule has 1 atom stereocenters. The van der Waals surface area contributed by atoms with Gasteiger partial charge >= 0.3 is 0 Å². The summed E-state index contributed by atoms with van der Waals surface area (Å²) >= 11 is 5.36. The highest BCUT2D eigenvalue weighted by molar-refractivity contribution is 9.10. The van der Waals surface area contributed by atoms with E-state index in [9.17, 15) is 0 Å². The van der Waals surface area contributed by atoms with Gasteiger partial charge in [-0.25, -0.2) is 0 Å². The van der Waals surface area contributed by atoms with Crippen LogP contribution in [-0.2, 0) is 12.8 Å². The molecule has 0 saturated heterocycles. The third-order valence-corrected chi connectivity index (χ3v) is 4.62. The molecule has 108 valence electrons. The lowest BCUT2D eigenvalue weighted by Gasteiger charge is -2.19. The number of benzene rings is 1. The van der Waals surface area contributed by atoms with Crippen molar-refractivity contribution in [3.63, 3.8) is 0 Å². The zero-order valence-electron chi connectivity index (χ0n) is 11.9. The number of likely N-dealkylation sites (N-methyl/N-ethyl adjacent to an activating group) is 1. The second kappa shape index (κ2) is 7.81. The first-order chi connectivity index (χ1) is 9.72. The largest absolute Gasteiger partial charge is 0.496 e. The number of hydrogen-bond donors (Lipinski definition) is 1. The van der Waals surface area contributed by atoms with Gasteiger partial charge < -0.3 is 10.1 Å². The van der Waals surface area contributed by atoms with Crippen LogP contribution in [0.25, 0.3) is 0 Å². The molecule has 2 nitrogen and oxygen atoms in total. The zero-order valence-corrected chi connectivity index (χ0v) is 14.3. The summed E-state index contributed by atoms with van der Waals surface area (Å²) in [6, 6.07) is 10.9. The molecule has 1 heterocycles. The van der Waals surface area contributed by atoms with Gasteiger partial charge in [0.15, 0.2) is 0 Å². The van der Waals surface area contributed by atoms with Crippen molar-refractivity contribution in [2.45, 2.75) is 25.8 Å². The van der Waals surface area contributed by atoms with Gasteiger partial charge in [-0.1, -0.05) is 28.9 Å². The first-order valence-corrected chi connectivity index (χ1v) is 8.48. The van der Waals surface area contributed by atoms with Gasteiger partial charge in [-0.3, -0.25) is 0 Å². The maximum Gasteiger partial charge on any atom is 0.122 e. The monoisotopic (exact) mass is 353 g/mol. The van der Waals surface area contributed by atoms with Crippen LogP contribution in [0.1, 0.15) is 17.4 Å². The molecule has 4 heteroatoms. The van der Waals surface area contributed by atoms with Crippen molar-refractivity contribution < 1.29 is 4.74 Å². The van der Waals surface area contributed by atoms with E-state index in [-0.39, 0.29) is 0 Å². The van der Waals surface area contributed by atoms with Crippen LogP contribution in [0.4, 0.5) is 0 Å². The van der Waals surface area contributed by atoms with E-state index in [0.717, 1.165) is 29.6 Å². The number of hydrogen-bond acceptors (Lipinski definition) is 3. The van der Waals surface area contributed by atoms with Crippen molar-refractivity contribution in [1.29, 1.82) is 0 Å². The lowest BCUT2D eigenvalue weighted by atomic mass is 10.0. The molecule has 0 aliphatic carbocycles. The molecule has 0 radical (unpaired) electrons. The van der Waals surface area contributed by atoms with Crippen LogP contribution in [0, 0.1) is 0 Å². The number of ether oxygens (including phenoxy) is 1. The fourth-order valence-corrected chi connectivity index (χ4v) is 3.54. The van der Waals surface area contributed by atoms with Crippen molar-refractivity contribution in [3.8, 4) is 5.75 Å².